The van der Waals surface area contributed by atoms with Crippen molar-refractivity contribution in [3.63, 3.8) is 0 Å². The van der Waals surface area contributed by atoms with E-state index in [4.69, 9.17) is 5.26 Å². The summed E-state index contributed by atoms with van der Waals surface area (Å²) in [6, 6.07) is 11.4. The fourth-order valence-corrected chi connectivity index (χ4v) is 4.70. The van der Waals surface area contributed by atoms with Crippen molar-refractivity contribution in [2.75, 3.05) is 31.1 Å². The predicted octanol–water partition coefficient (Wildman–Crippen LogP) is 2.67. The molecule has 2 aromatic rings. The molecule has 9 nitrogen and oxygen atoms in total. The minimum absolute atomic E-state index is 0.0616. The Hall–Kier alpha value is -3.03. The van der Waals surface area contributed by atoms with E-state index in [2.05, 4.69) is 25.8 Å². The van der Waals surface area contributed by atoms with Crippen LogP contribution in [-0.2, 0) is 15.4 Å². The first kappa shape index (κ1) is 21.7. The molecular formula is C20H23N5O4S. The van der Waals surface area contributed by atoms with E-state index < -0.39 is 14.9 Å². The molecule has 0 amide bonds. The van der Waals surface area contributed by atoms with Crippen LogP contribution in [0, 0.1) is 21.4 Å². The lowest BCUT2D eigenvalue weighted by atomic mass is 9.87. The van der Waals surface area contributed by atoms with E-state index in [1.54, 1.807) is 18.2 Å². The average molecular weight is 430 g/mol. The summed E-state index contributed by atoms with van der Waals surface area (Å²) < 4.78 is 27.4. The van der Waals surface area contributed by atoms with Crippen LogP contribution in [-0.4, -0.2) is 48.8 Å². The molecule has 0 bridgehead atoms. The molecule has 10 heteroatoms. The maximum Gasteiger partial charge on any atom is 0.305 e. The molecule has 0 unspecified atom stereocenters. The van der Waals surface area contributed by atoms with E-state index in [-0.39, 0.29) is 34.8 Å². The third-order valence-electron chi connectivity index (χ3n) is 5.08. The van der Waals surface area contributed by atoms with Gasteiger partial charge in [0, 0.05) is 32.2 Å². The van der Waals surface area contributed by atoms with Crippen LogP contribution in [0.5, 0.6) is 0 Å². The number of rotatable bonds is 4. The number of nitro groups is 1. The number of sulfonamides is 1. The molecule has 0 radical (unpaired) electrons. The van der Waals surface area contributed by atoms with Crippen molar-refractivity contribution in [2.45, 2.75) is 31.1 Å². The Kier molecular flexibility index (Phi) is 5.78. The van der Waals surface area contributed by atoms with Gasteiger partial charge in [-0.2, -0.15) is 9.57 Å². The highest BCUT2D eigenvalue weighted by Gasteiger charge is 2.30. The fourth-order valence-electron chi connectivity index (χ4n) is 3.28. The summed E-state index contributed by atoms with van der Waals surface area (Å²) >= 11 is 0. The summed E-state index contributed by atoms with van der Waals surface area (Å²) in [4.78, 5) is 16.5. The van der Waals surface area contributed by atoms with Gasteiger partial charge in [-0.1, -0.05) is 32.9 Å². The van der Waals surface area contributed by atoms with Gasteiger partial charge in [-0.25, -0.2) is 13.4 Å². The zero-order valence-corrected chi connectivity index (χ0v) is 17.9. The molecule has 0 N–H and O–H groups in total. The van der Waals surface area contributed by atoms with Gasteiger partial charge in [0.25, 0.3) is 0 Å². The van der Waals surface area contributed by atoms with E-state index in [9.17, 15) is 18.5 Å². The summed E-state index contributed by atoms with van der Waals surface area (Å²) in [6.07, 6.45) is 0. The second kappa shape index (κ2) is 8.01. The highest BCUT2D eigenvalue weighted by Crippen LogP contribution is 2.26. The summed E-state index contributed by atoms with van der Waals surface area (Å²) in [5.74, 6) is 0.420. The van der Waals surface area contributed by atoms with E-state index >= 15 is 0 Å². The summed E-state index contributed by atoms with van der Waals surface area (Å²) in [5.41, 5.74) is 0.394. The predicted molar refractivity (Wildman–Crippen MR) is 112 cm³/mol. The SMILES string of the molecule is CC(C)(C)c1ccc(S(=O)(=O)N2CCN(c3ccc([N+](=O)[O-])c(C#N)n3)CC2)cc1. The molecule has 1 saturated heterocycles. The highest BCUT2D eigenvalue weighted by molar-refractivity contribution is 7.89. The second-order valence-corrected chi connectivity index (χ2v) is 10.0. The Labute approximate surface area is 175 Å². The van der Waals surface area contributed by atoms with Crippen LogP contribution in [0.25, 0.3) is 0 Å². The number of anilines is 1. The van der Waals surface area contributed by atoms with Crippen molar-refractivity contribution < 1.29 is 13.3 Å². The smallest absolute Gasteiger partial charge is 0.305 e. The van der Waals surface area contributed by atoms with Crippen LogP contribution in [0.2, 0.25) is 0 Å². The fraction of sp³-hybridized carbons (Fsp3) is 0.400. The Morgan fingerprint density at radius 3 is 2.17 bits per heavy atom. The van der Waals surface area contributed by atoms with Gasteiger partial charge in [0.05, 0.1) is 9.82 Å². The topological polar surface area (TPSA) is 120 Å². The van der Waals surface area contributed by atoms with Crippen molar-refractivity contribution in [2.24, 2.45) is 0 Å². The molecule has 0 atom stereocenters. The molecule has 2 heterocycles. The van der Waals surface area contributed by atoms with Crippen molar-refractivity contribution in [1.29, 1.82) is 5.26 Å². The summed E-state index contributed by atoms with van der Waals surface area (Å²) in [7, 11) is -3.62. The molecule has 30 heavy (non-hydrogen) atoms. The molecule has 1 aliphatic heterocycles. The molecule has 1 aromatic carbocycles. The molecule has 3 rings (SSSR count). The lowest BCUT2D eigenvalue weighted by Gasteiger charge is -2.34. The zero-order chi connectivity index (χ0) is 22.1. The average Bonchev–Trinajstić information content (AvgIpc) is 2.72. The van der Waals surface area contributed by atoms with Crippen LogP contribution in [0.4, 0.5) is 11.5 Å². The van der Waals surface area contributed by atoms with Gasteiger partial charge in [0.15, 0.2) is 0 Å². The molecular weight excluding hydrogens is 406 g/mol. The minimum Gasteiger partial charge on any atom is -0.354 e. The van der Waals surface area contributed by atoms with Gasteiger partial charge in [-0.05, 0) is 29.2 Å². The van der Waals surface area contributed by atoms with Crippen LogP contribution in [0.1, 0.15) is 32.0 Å². The number of hydrogen-bond donors (Lipinski definition) is 0. The van der Waals surface area contributed by atoms with Gasteiger partial charge in [0.2, 0.25) is 15.7 Å². The van der Waals surface area contributed by atoms with Crippen LogP contribution < -0.4 is 4.90 Å². The largest absolute Gasteiger partial charge is 0.354 e. The van der Waals surface area contributed by atoms with Crippen molar-refractivity contribution in [3.05, 3.63) is 57.8 Å². The Balaban J connectivity index is 1.73. The number of aromatic nitrogens is 1. The van der Waals surface area contributed by atoms with Gasteiger partial charge in [0.1, 0.15) is 11.9 Å². The first-order valence-electron chi connectivity index (χ1n) is 9.45. The van der Waals surface area contributed by atoms with Crippen molar-refractivity contribution >= 4 is 21.5 Å². The third-order valence-corrected chi connectivity index (χ3v) is 7.00. The third kappa shape index (κ3) is 4.27. The summed E-state index contributed by atoms with van der Waals surface area (Å²) in [6.45, 7) is 7.46. The molecule has 1 aliphatic rings. The standard InChI is InChI=1S/C20H23N5O4S/c1-20(2,3)15-4-6-16(7-5-15)30(28,29)24-12-10-23(11-13-24)19-9-8-18(25(26)27)17(14-21)22-19/h4-9H,10-13H2,1-3H3. The lowest BCUT2D eigenvalue weighted by molar-refractivity contribution is -0.385. The second-order valence-electron chi connectivity index (χ2n) is 8.07. The van der Waals surface area contributed by atoms with Crippen LogP contribution in [0.3, 0.4) is 0 Å². The molecule has 0 aliphatic carbocycles. The Morgan fingerprint density at radius 2 is 1.67 bits per heavy atom. The van der Waals surface area contributed by atoms with Gasteiger partial charge in [-0.15, -0.1) is 0 Å². The normalized spacial score (nSPS) is 15.6. The molecule has 0 saturated carbocycles. The van der Waals surface area contributed by atoms with Crippen LogP contribution in [0.15, 0.2) is 41.3 Å². The number of piperazine rings is 1. The number of nitrogens with zero attached hydrogens (tertiary/aromatic N) is 5. The maximum absolute atomic E-state index is 13.0. The first-order chi connectivity index (χ1) is 14.0. The Bertz CT molecular complexity index is 1090. The zero-order valence-electron chi connectivity index (χ0n) is 17.1. The van der Waals surface area contributed by atoms with E-state index in [1.165, 1.54) is 16.4 Å². The van der Waals surface area contributed by atoms with Crippen molar-refractivity contribution in [1.82, 2.24) is 9.29 Å². The molecule has 1 fully saturated rings. The van der Waals surface area contributed by atoms with Gasteiger partial charge in [-0.3, -0.25) is 10.1 Å². The van der Waals surface area contributed by atoms with E-state index in [0.717, 1.165) is 5.56 Å². The number of hydrogen-bond acceptors (Lipinski definition) is 7. The Morgan fingerprint density at radius 1 is 1.07 bits per heavy atom. The maximum atomic E-state index is 13.0. The first-order valence-corrected chi connectivity index (χ1v) is 10.9. The van der Waals surface area contributed by atoms with E-state index in [0.29, 0.717) is 18.9 Å². The molecule has 1 aromatic heterocycles. The summed E-state index contributed by atoms with van der Waals surface area (Å²) in [5, 5.41) is 20.1. The van der Waals surface area contributed by atoms with Gasteiger partial charge >= 0.3 is 5.69 Å². The number of benzene rings is 1. The highest BCUT2D eigenvalue weighted by atomic mass is 32.2. The lowest BCUT2D eigenvalue weighted by Crippen LogP contribution is -2.49. The van der Waals surface area contributed by atoms with Crippen molar-refractivity contribution in [3.8, 4) is 6.07 Å². The number of pyridine rings is 1. The molecule has 0 spiro atoms. The number of nitriles is 1. The van der Waals surface area contributed by atoms with E-state index in [1.807, 2.05) is 17.0 Å². The molecule has 158 valence electrons. The van der Waals surface area contributed by atoms with Gasteiger partial charge < -0.3 is 4.90 Å². The minimum atomic E-state index is -3.62. The van der Waals surface area contributed by atoms with Crippen LogP contribution >= 0.6 is 0 Å². The quantitative estimate of drug-likeness (QED) is 0.541. The monoisotopic (exact) mass is 429 g/mol.